The molecule has 1 N–H and O–H groups in total. The summed E-state index contributed by atoms with van der Waals surface area (Å²) >= 11 is 5.82. The molecule has 1 amide bonds. The van der Waals surface area contributed by atoms with Crippen molar-refractivity contribution in [3.8, 4) is 0 Å². The van der Waals surface area contributed by atoms with E-state index >= 15 is 0 Å². The molecule has 5 nitrogen and oxygen atoms in total. The van der Waals surface area contributed by atoms with Crippen LogP contribution in [0.4, 0.5) is 0 Å². The lowest BCUT2D eigenvalue weighted by Crippen LogP contribution is -2.40. The van der Waals surface area contributed by atoms with Crippen LogP contribution >= 0.6 is 11.6 Å². The Morgan fingerprint density at radius 3 is 2.27 bits per heavy atom. The Morgan fingerprint density at radius 1 is 1.08 bits per heavy atom. The Hall–Kier alpha value is -1.89. The van der Waals surface area contributed by atoms with Crippen LogP contribution in [0.15, 0.2) is 53.4 Å². The number of aryl methyl sites for hydroxylation is 1. The van der Waals surface area contributed by atoms with Crippen molar-refractivity contribution in [2.24, 2.45) is 0 Å². The van der Waals surface area contributed by atoms with Crippen LogP contribution in [0, 0.1) is 6.92 Å². The molecule has 2 aromatic rings. The minimum atomic E-state index is -3.75. The average Bonchev–Trinajstić information content (AvgIpc) is 2.61. The fourth-order valence-corrected chi connectivity index (χ4v) is 4.03. The molecule has 0 saturated heterocycles. The van der Waals surface area contributed by atoms with Gasteiger partial charge in [0.05, 0.1) is 11.4 Å². The number of hydrogen-bond acceptors (Lipinski definition) is 3. The van der Waals surface area contributed by atoms with E-state index in [-0.39, 0.29) is 23.9 Å². The van der Waals surface area contributed by atoms with Crippen LogP contribution in [-0.4, -0.2) is 31.7 Å². The molecule has 0 heterocycles. The van der Waals surface area contributed by atoms with E-state index in [9.17, 15) is 13.2 Å². The molecule has 0 aliphatic carbocycles. The molecule has 0 atom stereocenters. The molecule has 2 rings (SSSR count). The summed E-state index contributed by atoms with van der Waals surface area (Å²) in [6.45, 7) is 4.27. The first-order valence-electron chi connectivity index (χ1n) is 8.41. The van der Waals surface area contributed by atoms with E-state index in [0.717, 1.165) is 11.1 Å². The van der Waals surface area contributed by atoms with E-state index in [2.05, 4.69) is 5.32 Å². The van der Waals surface area contributed by atoms with Gasteiger partial charge in [-0.15, -0.1) is 0 Å². The molecule has 0 aliphatic heterocycles. The number of nitrogens with one attached hydrogen (secondary N) is 1. The summed E-state index contributed by atoms with van der Waals surface area (Å²) < 4.78 is 26.8. The third-order valence-electron chi connectivity index (χ3n) is 3.85. The Bertz CT molecular complexity index is 834. The number of nitrogens with zero attached hydrogens (tertiary/aromatic N) is 1. The van der Waals surface area contributed by atoms with Crippen LogP contribution in [0.1, 0.15) is 24.5 Å². The monoisotopic (exact) mass is 394 g/mol. The quantitative estimate of drug-likeness (QED) is 0.746. The third-order valence-corrected chi connectivity index (χ3v) is 5.97. The van der Waals surface area contributed by atoms with Crippen molar-refractivity contribution in [2.45, 2.75) is 31.7 Å². The van der Waals surface area contributed by atoms with E-state index in [1.54, 1.807) is 0 Å². The first kappa shape index (κ1) is 20.4. The molecule has 140 valence electrons. The molecule has 26 heavy (non-hydrogen) atoms. The van der Waals surface area contributed by atoms with Gasteiger partial charge in [0, 0.05) is 18.1 Å². The molecule has 0 fully saturated rings. The highest BCUT2D eigenvalue weighted by Crippen LogP contribution is 2.18. The van der Waals surface area contributed by atoms with Crippen molar-refractivity contribution in [2.75, 3.05) is 13.1 Å². The fourth-order valence-electron chi connectivity index (χ4n) is 2.41. The molecule has 7 heteroatoms. The normalized spacial score (nSPS) is 11.5. The van der Waals surface area contributed by atoms with Crippen molar-refractivity contribution in [1.29, 1.82) is 0 Å². The summed E-state index contributed by atoms with van der Waals surface area (Å²) in [6.07, 6.45) is 0.609. The standard InChI is InChI=1S/C19H23ClN2O3S/c1-3-12-22(26(24,25)18-10-8-17(20)9-11-18)14-19(23)21-13-16-6-4-15(2)5-7-16/h4-11H,3,12-14H2,1-2H3,(H,21,23). The second kappa shape index (κ2) is 9.16. The van der Waals surface area contributed by atoms with Gasteiger partial charge in [-0.3, -0.25) is 4.79 Å². The van der Waals surface area contributed by atoms with E-state index in [4.69, 9.17) is 11.6 Å². The summed E-state index contributed by atoms with van der Waals surface area (Å²) in [5.74, 6) is -0.337. The third kappa shape index (κ3) is 5.56. The smallest absolute Gasteiger partial charge is 0.243 e. The maximum Gasteiger partial charge on any atom is 0.243 e. The van der Waals surface area contributed by atoms with Crippen molar-refractivity contribution >= 4 is 27.5 Å². The van der Waals surface area contributed by atoms with Gasteiger partial charge in [-0.1, -0.05) is 48.4 Å². The van der Waals surface area contributed by atoms with Gasteiger partial charge in [0.15, 0.2) is 0 Å². The van der Waals surface area contributed by atoms with E-state index in [1.165, 1.54) is 28.6 Å². The van der Waals surface area contributed by atoms with Crippen LogP contribution in [0.3, 0.4) is 0 Å². The molecule has 0 spiro atoms. The van der Waals surface area contributed by atoms with Gasteiger partial charge in [-0.05, 0) is 43.2 Å². The Balaban J connectivity index is 2.05. The number of carbonyl (C=O) groups is 1. The molecule has 0 bridgehead atoms. The topological polar surface area (TPSA) is 66.5 Å². The molecule has 0 aliphatic rings. The van der Waals surface area contributed by atoms with E-state index in [0.29, 0.717) is 18.0 Å². The number of halogens is 1. The summed E-state index contributed by atoms with van der Waals surface area (Å²) in [5.41, 5.74) is 2.11. The minimum absolute atomic E-state index is 0.127. The highest BCUT2D eigenvalue weighted by molar-refractivity contribution is 7.89. The van der Waals surface area contributed by atoms with Crippen molar-refractivity contribution in [3.05, 3.63) is 64.7 Å². The number of benzene rings is 2. The summed E-state index contributed by atoms with van der Waals surface area (Å²) in [7, 11) is -3.75. The van der Waals surface area contributed by atoms with Crippen LogP contribution < -0.4 is 5.32 Å². The van der Waals surface area contributed by atoms with Crippen LogP contribution in [0.2, 0.25) is 5.02 Å². The van der Waals surface area contributed by atoms with Gasteiger partial charge in [0.2, 0.25) is 15.9 Å². The van der Waals surface area contributed by atoms with E-state index in [1.807, 2.05) is 38.1 Å². The van der Waals surface area contributed by atoms with Crippen LogP contribution in [0.5, 0.6) is 0 Å². The molecular formula is C19H23ClN2O3S. The van der Waals surface area contributed by atoms with Gasteiger partial charge in [0.25, 0.3) is 0 Å². The predicted molar refractivity (Wildman–Crippen MR) is 104 cm³/mol. The molecule has 0 unspecified atom stereocenters. The summed E-state index contributed by atoms with van der Waals surface area (Å²) in [5, 5.41) is 3.23. The van der Waals surface area contributed by atoms with Crippen LogP contribution in [0.25, 0.3) is 0 Å². The van der Waals surface area contributed by atoms with Gasteiger partial charge in [-0.25, -0.2) is 8.42 Å². The van der Waals surface area contributed by atoms with Gasteiger partial charge in [0.1, 0.15) is 0 Å². The van der Waals surface area contributed by atoms with Crippen molar-refractivity contribution < 1.29 is 13.2 Å². The first-order chi connectivity index (χ1) is 12.3. The number of carbonyl (C=O) groups excluding carboxylic acids is 1. The molecule has 0 aromatic heterocycles. The Kier molecular flexibility index (Phi) is 7.20. The van der Waals surface area contributed by atoms with Gasteiger partial charge >= 0.3 is 0 Å². The first-order valence-corrected chi connectivity index (χ1v) is 10.2. The Morgan fingerprint density at radius 2 is 1.69 bits per heavy atom. The largest absolute Gasteiger partial charge is 0.351 e. The lowest BCUT2D eigenvalue weighted by molar-refractivity contribution is -0.121. The number of amides is 1. The zero-order valence-electron chi connectivity index (χ0n) is 14.9. The molecule has 0 radical (unpaired) electrons. The van der Waals surface area contributed by atoms with E-state index < -0.39 is 10.0 Å². The zero-order valence-corrected chi connectivity index (χ0v) is 16.5. The number of sulfonamides is 1. The average molecular weight is 395 g/mol. The SMILES string of the molecule is CCCN(CC(=O)NCc1ccc(C)cc1)S(=O)(=O)c1ccc(Cl)cc1. The minimum Gasteiger partial charge on any atom is -0.351 e. The van der Waals surface area contributed by atoms with Crippen molar-refractivity contribution in [3.63, 3.8) is 0 Å². The van der Waals surface area contributed by atoms with Gasteiger partial charge in [-0.2, -0.15) is 4.31 Å². The molecule has 2 aromatic carbocycles. The second-order valence-corrected chi connectivity index (χ2v) is 8.43. The number of hydrogen-bond donors (Lipinski definition) is 1. The highest BCUT2D eigenvalue weighted by Gasteiger charge is 2.25. The maximum absolute atomic E-state index is 12.8. The lowest BCUT2D eigenvalue weighted by Gasteiger charge is -2.21. The zero-order chi connectivity index (χ0) is 19.2. The highest BCUT2D eigenvalue weighted by atomic mass is 35.5. The van der Waals surface area contributed by atoms with Crippen molar-refractivity contribution in [1.82, 2.24) is 9.62 Å². The van der Waals surface area contributed by atoms with Gasteiger partial charge < -0.3 is 5.32 Å². The molecular weight excluding hydrogens is 372 g/mol. The maximum atomic E-state index is 12.8. The lowest BCUT2D eigenvalue weighted by atomic mass is 10.1. The Labute approximate surface area is 160 Å². The van der Waals surface area contributed by atoms with Crippen LogP contribution in [-0.2, 0) is 21.4 Å². The predicted octanol–water partition coefficient (Wildman–Crippen LogP) is 3.37. The fraction of sp³-hybridized carbons (Fsp3) is 0.316. The summed E-state index contributed by atoms with van der Waals surface area (Å²) in [4.78, 5) is 12.4. The summed E-state index contributed by atoms with van der Waals surface area (Å²) in [6, 6.07) is 13.8. The second-order valence-electron chi connectivity index (χ2n) is 6.05. The molecule has 0 saturated carbocycles. The number of rotatable bonds is 8.